The van der Waals surface area contributed by atoms with E-state index in [-0.39, 0.29) is 5.69 Å². The van der Waals surface area contributed by atoms with Crippen LogP contribution in [0.2, 0.25) is 0 Å². The van der Waals surface area contributed by atoms with E-state index in [0.717, 1.165) is 6.20 Å². The Morgan fingerprint density at radius 3 is 2.79 bits per heavy atom. The molecule has 0 aromatic carbocycles. The number of aliphatic hydroxyl groups is 1. The van der Waals surface area contributed by atoms with E-state index >= 15 is 0 Å². The number of pyridine rings is 1. The predicted octanol–water partition coefficient (Wildman–Crippen LogP) is 0.930. The quantitative estimate of drug-likeness (QED) is 0.743. The predicted molar refractivity (Wildman–Crippen MR) is 49.1 cm³/mol. The number of nitrogens with zero attached hydrogens (tertiary/aromatic N) is 1. The van der Waals surface area contributed by atoms with Crippen LogP contribution in [0.5, 0.6) is 0 Å². The van der Waals surface area contributed by atoms with Crippen molar-refractivity contribution in [3.8, 4) is 0 Å². The molecule has 14 heavy (non-hydrogen) atoms. The minimum absolute atomic E-state index is 0.00660. The molecule has 0 unspecified atom stereocenters. The molecule has 1 rings (SSSR count). The Hall–Kier alpha value is -1.49. The van der Waals surface area contributed by atoms with Gasteiger partial charge in [-0.15, -0.1) is 0 Å². The molecular formula is C9H11FN2O2. The van der Waals surface area contributed by atoms with E-state index in [4.69, 9.17) is 0 Å². The third-order valence-electron chi connectivity index (χ3n) is 1.58. The van der Waals surface area contributed by atoms with Gasteiger partial charge in [0, 0.05) is 6.20 Å². The third kappa shape index (κ3) is 2.50. The van der Waals surface area contributed by atoms with Gasteiger partial charge < -0.3 is 10.4 Å². The molecular weight excluding hydrogens is 187 g/mol. The number of hydrogen-bond acceptors (Lipinski definition) is 3. The first-order valence-electron chi connectivity index (χ1n) is 4.04. The molecule has 0 spiro atoms. The van der Waals surface area contributed by atoms with Crippen LogP contribution in [0.4, 0.5) is 10.1 Å². The van der Waals surface area contributed by atoms with Gasteiger partial charge in [0.1, 0.15) is 5.60 Å². The molecule has 0 radical (unpaired) electrons. The van der Waals surface area contributed by atoms with Crippen molar-refractivity contribution >= 4 is 11.6 Å². The molecule has 0 aliphatic heterocycles. The van der Waals surface area contributed by atoms with Crippen molar-refractivity contribution in [1.29, 1.82) is 0 Å². The normalized spacial score (nSPS) is 11.1. The van der Waals surface area contributed by atoms with Crippen LogP contribution in [-0.2, 0) is 4.79 Å². The van der Waals surface area contributed by atoms with Gasteiger partial charge in [0.25, 0.3) is 5.91 Å². The molecule has 0 fully saturated rings. The number of carbonyl (C=O) groups excluding carboxylic acids is 1. The number of carbonyl (C=O) groups is 1. The SMILES string of the molecule is CC(C)(O)C(=O)Nc1ccncc1F. The van der Waals surface area contributed by atoms with E-state index in [1.54, 1.807) is 0 Å². The summed E-state index contributed by atoms with van der Waals surface area (Å²) in [6.07, 6.45) is 2.34. The number of hydrogen-bond donors (Lipinski definition) is 2. The molecule has 1 heterocycles. The van der Waals surface area contributed by atoms with Crippen LogP contribution >= 0.6 is 0 Å². The second kappa shape index (κ2) is 3.71. The Balaban J connectivity index is 2.80. The van der Waals surface area contributed by atoms with Crippen molar-refractivity contribution in [1.82, 2.24) is 4.98 Å². The van der Waals surface area contributed by atoms with Crippen LogP contribution in [0.1, 0.15) is 13.8 Å². The van der Waals surface area contributed by atoms with Crippen molar-refractivity contribution in [2.45, 2.75) is 19.4 Å². The zero-order chi connectivity index (χ0) is 10.8. The van der Waals surface area contributed by atoms with Crippen LogP contribution < -0.4 is 5.32 Å². The summed E-state index contributed by atoms with van der Waals surface area (Å²) >= 11 is 0. The van der Waals surface area contributed by atoms with Gasteiger partial charge >= 0.3 is 0 Å². The Morgan fingerprint density at radius 2 is 2.29 bits per heavy atom. The van der Waals surface area contributed by atoms with E-state index in [1.807, 2.05) is 0 Å². The zero-order valence-electron chi connectivity index (χ0n) is 7.91. The van der Waals surface area contributed by atoms with Gasteiger partial charge in [0.05, 0.1) is 11.9 Å². The van der Waals surface area contributed by atoms with Crippen molar-refractivity contribution < 1.29 is 14.3 Å². The summed E-state index contributed by atoms with van der Waals surface area (Å²) in [6.45, 7) is 2.64. The largest absolute Gasteiger partial charge is 0.381 e. The number of amides is 1. The first-order chi connectivity index (χ1) is 6.41. The summed E-state index contributed by atoms with van der Waals surface area (Å²) in [7, 11) is 0. The average Bonchev–Trinajstić information content (AvgIpc) is 2.07. The van der Waals surface area contributed by atoms with Gasteiger partial charge in [0.15, 0.2) is 5.82 Å². The van der Waals surface area contributed by atoms with Crippen LogP contribution in [0, 0.1) is 5.82 Å². The Kier molecular flexibility index (Phi) is 2.81. The summed E-state index contributed by atoms with van der Waals surface area (Å²) in [5.41, 5.74) is -1.53. The van der Waals surface area contributed by atoms with Crippen molar-refractivity contribution in [2.75, 3.05) is 5.32 Å². The first-order valence-corrected chi connectivity index (χ1v) is 4.04. The van der Waals surface area contributed by atoms with Crippen molar-refractivity contribution in [3.63, 3.8) is 0 Å². The smallest absolute Gasteiger partial charge is 0.255 e. The highest BCUT2D eigenvalue weighted by Crippen LogP contribution is 2.13. The zero-order valence-corrected chi connectivity index (χ0v) is 7.91. The summed E-state index contributed by atoms with van der Waals surface area (Å²) in [5, 5.41) is 11.5. The molecule has 5 heteroatoms. The molecule has 2 N–H and O–H groups in total. The van der Waals surface area contributed by atoms with Gasteiger partial charge in [-0.3, -0.25) is 9.78 Å². The molecule has 0 saturated heterocycles. The maximum absolute atomic E-state index is 13.0. The highest BCUT2D eigenvalue weighted by molar-refractivity contribution is 5.96. The summed E-state index contributed by atoms with van der Waals surface area (Å²) < 4.78 is 13.0. The molecule has 76 valence electrons. The van der Waals surface area contributed by atoms with Gasteiger partial charge in [0.2, 0.25) is 0 Å². The number of rotatable bonds is 2. The second-order valence-electron chi connectivity index (χ2n) is 3.37. The maximum atomic E-state index is 13.0. The lowest BCUT2D eigenvalue weighted by Gasteiger charge is -2.16. The van der Waals surface area contributed by atoms with E-state index in [2.05, 4.69) is 10.3 Å². The van der Waals surface area contributed by atoms with Crippen LogP contribution in [0.15, 0.2) is 18.5 Å². The lowest BCUT2D eigenvalue weighted by molar-refractivity contribution is -0.130. The lowest BCUT2D eigenvalue weighted by atomic mass is 10.1. The van der Waals surface area contributed by atoms with Crippen LogP contribution in [0.25, 0.3) is 0 Å². The molecule has 1 amide bonds. The number of anilines is 1. The third-order valence-corrected chi connectivity index (χ3v) is 1.58. The maximum Gasteiger partial charge on any atom is 0.255 e. The summed E-state index contributed by atoms with van der Waals surface area (Å²) in [6, 6.07) is 1.32. The van der Waals surface area contributed by atoms with E-state index in [0.29, 0.717) is 0 Å². The Morgan fingerprint density at radius 1 is 1.64 bits per heavy atom. The van der Waals surface area contributed by atoms with Crippen molar-refractivity contribution in [3.05, 3.63) is 24.3 Å². The second-order valence-corrected chi connectivity index (χ2v) is 3.37. The molecule has 0 aliphatic rings. The first kappa shape index (κ1) is 10.6. The fourth-order valence-electron chi connectivity index (χ4n) is 0.752. The van der Waals surface area contributed by atoms with E-state index in [1.165, 1.54) is 26.1 Å². The van der Waals surface area contributed by atoms with Crippen molar-refractivity contribution in [2.24, 2.45) is 0 Å². The van der Waals surface area contributed by atoms with Gasteiger partial charge in [-0.1, -0.05) is 0 Å². The standard InChI is InChI=1S/C9H11FN2O2/c1-9(2,14)8(13)12-7-3-4-11-5-6(7)10/h3-5,14H,1-2H3,(H,11,12,13). The average molecular weight is 198 g/mol. The summed E-state index contributed by atoms with van der Waals surface area (Å²) in [5.74, 6) is -1.30. The Labute approximate surface area is 80.8 Å². The van der Waals surface area contributed by atoms with Gasteiger partial charge in [-0.05, 0) is 19.9 Å². The fourth-order valence-corrected chi connectivity index (χ4v) is 0.752. The molecule has 0 bridgehead atoms. The molecule has 4 nitrogen and oxygen atoms in total. The Bertz CT molecular complexity index is 347. The highest BCUT2D eigenvalue weighted by Gasteiger charge is 2.24. The van der Waals surface area contributed by atoms with Gasteiger partial charge in [-0.25, -0.2) is 4.39 Å². The molecule has 0 saturated carbocycles. The molecule has 1 aromatic heterocycles. The lowest BCUT2D eigenvalue weighted by Crippen LogP contribution is -2.36. The van der Waals surface area contributed by atoms with E-state index in [9.17, 15) is 14.3 Å². The summed E-state index contributed by atoms with van der Waals surface area (Å²) in [4.78, 5) is 14.8. The highest BCUT2D eigenvalue weighted by atomic mass is 19.1. The topological polar surface area (TPSA) is 62.2 Å². The molecule has 1 aromatic rings. The number of nitrogens with one attached hydrogen (secondary N) is 1. The minimum Gasteiger partial charge on any atom is -0.381 e. The minimum atomic E-state index is -1.53. The van der Waals surface area contributed by atoms with Gasteiger partial charge in [-0.2, -0.15) is 0 Å². The monoisotopic (exact) mass is 198 g/mol. The van der Waals surface area contributed by atoms with Crippen LogP contribution in [-0.4, -0.2) is 21.6 Å². The molecule has 0 aliphatic carbocycles. The molecule has 0 atom stereocenters. The number of aromatic nitrogens is 1. The van der Waals surface area contributed by atoms with Crippen LogP contribution in [0.3, 0.4) is 0 Å². The fraction of sp³-hybridized carbons (Fsp3) is 0.333. The number of halogens is 1. The van der Waals surface area contributed by atoms with E-state index < -0.39 is 17.3 Å².